The molecule has 0 spiro atoms. The van der Waals surface area contributed by atoms with E-state index in [1.54, 1.807) is 18.1 Å². The molecule has 0 atom stereocenters. The smallest absolute Gasteiger partial charge is 0.230 e. The van der Waals surface area contributed by atoms with E-state index in [4.69, 9.17) is 0 Å². The third kappa shape index (κ3) is 3.96. The molecule has 1 amide bonds. The zero-order chi connectivity index (χ0) is 18.9. The van der Waals surface area contributed by atoms with Gasteiger partial charge in [0.05, 0.1) is 17.8 Å². The van der Waals surface area contributed by atoms with Crippen molar-refractivity contribution in [3.8, 4) is 11.1 Å². The van der Waals surface area contributed by atoms with Gasteiger partial charge in [0.2, 0.25) is 5.91 Å². The van der Waals surface area contributed by atoms with Crippen molar-refractivity contribution in [1.82, 2.24) is 14.8 Å². The Bertz CT molecular complexity index is 770. The summed E-state index contributed by atoms with van der Waals surface area (Å²) in [7, 11) is 1.78. The first-order chi connectivity index (χ1) is 12.3. The van der Waals surface area contributed by atoms with E-state index in [0.29, 0.717) is 18.7 Å². The third-order valence-corrected chi connectivity index (χ3v) is 5.07. The zero-order valence-corrected chi connectivity index (χ0v) is 16.0. The SMILES string of the molecule is CN(C(=O)C1CCC(O)CC1)c1cc(-c2cnn(C(C)(C)C)c2)ccn1. The molecule has 2 aromatic heterocycles. The monoisotopic (exact) mass is 356 g/mol. The summed E-state index contributed by atoms with van der Waals surface area (Å²) >= 11 is 0. The Morgan fingerprint density at radius 2 is 1.92 bits per heavy atom. The van der Waals surface area contributed by atoms with E-state index in [9.17, 15) is 9.90 Å². The molecule has 0 aromatic carbocycles. The fourth-order valence-electron chi connectivity index (χ4n) is 3.33. The maximum Gasteiger partial charge on any atom is 0.230 e. The first-order valence-electron chi connectivity index (χ1n) is 9.23. The van der Waals surface area contributed by atoms with Gasteiger partial charge in [-0.25, -0.2) is 4.98 Å². The molecule has 0 unspecified atom stereocenters. The number of pyridine rings is 1. The lowest BCUT2D eigenvalue weighted by atomic mass is 9.86. The van der Waals surface area contributed by atoms with E-state index in [2.05, 4.69) is 30.9 Å². The predicted octanol–water partition coefficient (Wildman–Crippen LogP) is 3.21. The van der Waals surface area contributed by atoms with Gasteiger partial charge in [0, 0.05) is 30.9 Å². The summed E-state index contributed by atoms with van der Waals surface area (Å²) in [5.74, 6) is 0.687. The number of amides is 1. The van der Waals surface area contributed by atoms with Crippen LogP contribution in [0.2, 0.25) is 0 Å². The molecule has 1 N–H and O–H groups in total. The van der Waals surface area contributed by atoms with Crippen LogP contribution in [-0.2, 0) is 10.3 Å². The highest BCUT2D eigenvalue weighted by Gasteiger charge is 2.28. The van der Waals surface area contributed by atoms with Crippen LogP contribution in [0.4, 0.5) is 5.82 Å². The first-order valence-corrected chi connectivity index (χ1v) is 9.23. The van der Waals surface area contributed by atoms with Crippen molar-refractivity contribution < 1.29 is 9.90 Å². The van der Waals surface area contributed by atoms with Gasteiger partial charge in [-0.05, 0) is 64.2 Å². The van der Waals surface area contributed by atoms with E-state index in [-0.39, 0.29) is 23.5 Å². The average Bonchev–Trinajstić information content (AvgIpc) is 3.12. The fraction of sp³-hybridized carbons (Fsp3) is 0.550. The summed E-state index contributed by atoms with van der Waals surface area (Å²) in [6, 6.07) is 3.86. The highest BCUT2D eigenvalue weighted by atomic mass is 16.3. The number of carbonyl (C=O) groups excluding carboxylic acids is 1. The van der Waals surface area contributed by atoms with Gasteiger partial charge in [-0.15, -0.1) is 0 Å². The lowest BCUT2D eigenvalue weighted by Crippen LogP contribution is -2.36. The van der Waals surface area contributed by atoms with Gasteiger partial charge in [-0.3, -0.25) is 14.4 Å². The highest BCUT2D eigenvalue weighted by Crippen LogP contribution is 2.28. The number of aromatic nitrogens is 3. The molecule has 140 valence electrons. The van der Waals surface area contributed by atoms with Crippen molar-refractivity contribution in [3.63, 3.8) is 0 Å². The van der Waals surface area contributed by atoms with Crippen LogP contribution in [0.3, 0.4) is 0 Å². The second-order valence-corrected chi connectivity index (χ2v) is 8.15. The predicted molar refractivity (Wildman–Crippen MR) is 102 cm³/mol. The average molecular weight is 356 g/mol. The highest BCUT2D eigenvalue weighted by molar-refractivity contribution is 5.94. The van der Waals surface area contributed by atoms with Gasteiger partial charge in [-0.1, -0.05) is 0 Å². The van der Waals surface area contributed by atoms with Gasteiger partial charge in [0.15, 0.2) is 0 Å². The molecule has 1 fully saturated rings. The van der Waals surface area contributed by atoms with E-state index < -0.39 is 0 Å². The minimum atomic E-state index is -0.259. The minimum Gasteiger partial charge on any atom is -0.393 e. The molecule has 6 nitrogen and oxygen atoms in total. The molecule has 0 aliphatic heterocycles. The van der Waals surface area contributed by atoms with Crippen molar-refractivity contribution >= 4 is 11.7 Å². The van der Waals surface area contributed by atoms with Gasteiger partial charge < -0.3 is 5.11 Å². The lowest BCUT2D eigenvalue weighted by Gasteiger charge is -2.28. The minimum absolute atomic E-state index is 0.0301. The van der Waals surface area contributed by atoms with Crippen LogP contribution in [0.1, 0.15) is 46.5 Å². The van der Waals surface area contributed by atoms with Crippen LogP contribution in [0, 0.1) is 5.92 Å². The number of hydrogen-bond acceptors (Lipinski definition) is 4. The van der Waals surface area contributed by atoms with Gasteiger partial charge >= 0.3 is 0 Å². The molecule has 1 aliphatic carbocycles. The molecule has 0 saturated heterocycles. The standard InChI is InChI=1S/C20H28N4O2/c1-20(2,3)24-13-16(12-22-24)15-9-10-21-18(11-15)23(4)19(26)14-5-7-17(25)8-6-14/h9-14,17,25H,5-8H2,1-4H3. The van der Waals surface area contributed by atoms with Crippen LogP contribution in [0.5, 0.6) is 0 Å². The normalized spacial score (nSPS) is 20.8. The zero-order valence-electron chi connectivity index (χ0n) is 16.0. The molecule has 6 heteroatoms. The Morgan fingerprint density at radius 1 is 1.23 bits per heavy atom. The molecular formula is C20H28N4O2. The maximum absolute atomic E-state index is 12.8. The largest absolute Gasteiger partial charge is 0.393 e. The van der Waals surface area contributed by atoms with Crippen LogP contribution in [-0.4, -0.2) is 38.9 Å². The Morgan fingerprint density at radius 3 is 2.54 bits per heavy atom. The molecule has 1 aliphatic rings. The third-order valence-electron chi connectivity index (χ3n) is 5.07. The molecule has 3 rings (SSSR count). The van der Waals surface area contributed by atoms with Gasteiger partial charge in [0.25, 0.3) is 0 Å². The van der Waals surface area contributed by atoms with Crippen LogP contribution >= 0.6 is 0 Å². The number of carbonyl (C=O) groups is 1. The number of aliphatic hydroxyl groups excluding tert-OH is 1. The van der Waals surface area contributed by atoms with E-state index in [1.807, 2.05) is 29.2 Å². The number of hydrogen-bond donors (Lipinski definition) is 1. The van der Waals surface area contributed by atoms with Gasteiger partial charge in [0.1, 0.15) is 5.82 Å². The maximum atomic E-state index is 12.8. The van der Waals surface area contributed by atoms with Crippen molar-refractivity contribution in [3.05, 3.63) is 30.7 Å². The number of anilines is 1. The Labute approximate surface area is 154 Å². The van der Waals surface area contributed by atoms with E-state index in [1.165, 1.54) is 0 Å². The van der Waals surface area contributed by atoms with Gasteiger partial charge in [-0.2, -0.15) is 5.10 Å². The molecule has 0 bridgehead atoms. The molecular weight excluding hydrogens is 328 g/mol. The fourth-order valence-corrected chi connectivity index (χ4v) is 3.33. The van der Waals surface area contributed by atoms with Crippen LogP contribution in [0.25, 0.3) is 11.1 Å². The summed E-state index contributed by atoms with van der Waals surface area (Å²) in [5, 5.41) is 14.1. The summed E-state index contributed by atoms with van der Waals surface area (Å²) < 4.78 is 1.94. The van der Waals surface area contributed by atoms with Crippen LogP contribution in [0.15, 0.2) is 30.7 Å². The lowest BCUT2D eigenvalue weighted by molar-refractivity contribution is -0.123. The summed E-state index contributed by atoms with van der Waals surface area (Å²) in [5.41, 5.74) is 1.92. The molecule has 0 radical (unpaired) electrons. The molecule has 2 heterocycles. The first kappa shape index (κ1) is 18.6. The van der Waals surface area contributed by atoms with Crippen molar-refractivity contribution in [2.45, 2.75) is 58.1 Å². The van der Waals surface area contributed by atoms with Crippen LogP contribution < -0.4 is 4.90 Å². The molecule has 2 aromatic rings. The van der Waals surface area contributed by atoms with E-state index >= 15 is 0 Å². The number of rotatable bonds is 3. The number of nitrogens with zero attached hydrogens (tertiary/aromatic N) is 4. The van der Waals surface area contributed by atoms with Crippen molar-refractivity contribution in [1.29, 1.82) is 0 Å². The Kier molecular flexibility index (Phi) is 5.14. The summed E-state index contributed by atoms with van der Waals surface area (Å²) in [6.45, 7) is 6.32. The molecule has 1 saturated carbocycles. The quantitative estimate of drug-likeness (QED) is 0.917. The summed E-state index contributed by atoms with van der Waals surface area (Å²) in [6.07, 6.45) is 8.20. The van der Waals surface area contributed by atoms with Crippen molar-refractivity contribution in [2.24, 2.45) is 5.92 Å². The summed E-state index contributed by atoms with van der Waals surface area (Å²) in [4.78, 5) is 18.8. The number of aliphatic hydroxyl groups is 1. The van der Waals surface area contributed by atoms with Crippen molar-refractivity contribution in [2.75, 3.05) is 11.9 Å². The Balaban J connectivity index is 1.78. The Hall–Kier alpha value is -2.21. The topological polar surface area (TPSA) is 71.2 Å². The second kappa shape index (κ2) is 7.19. The second-order valence-electron chi connectivity index (χ2n) is 8.15. The van der Waals surface area contributed by atoms with E-state index in [0.717, 1.165) is 24.0 Å². The molecule has 26 heavy (non-hydrogen) atoms.